The van der Waals surface area contributed by atoms with Gasteiger partial charge in [0.1, 0.15) is 0 Å². The van der Waals surface area contributed by atoms with Crippen molar-refractivity contribution in [1.29, 1.82) is 0 Å². The largest absolute Gasteiger partial charge is 0.370 e. The van der Waals surface area contributed by atoms with Gasteiger partial charge in [-0.15, -0.1) is 0 Å². The zero-order valence-electron chi connectivity index (χ0n) is 10.5. The Hall–Kier alpha value is -2.42. The third kappa shape index (κ3) is 3.28. The van der Waals surface area contributed by atoms with Crippen LogP contribution in [0.5, 0.6) is 0 Å². The van der Waals surface area contributed by atoms with E-state index < -0.39 is 0 Å². The van der Waals surface area contributed by atoms with E-state index in [1.807, 2.05) is 36.4 Å². The van der Waals surface area contributed by atoms with Crippen LogP contribution in [-0.2, 0) is 11.2 Å². The van der Waals surface area contributed by atoms with Crippen molar-refractivity contribution in [3.63, 3.8) is 0 Å². The fourth-order valence-corrected chi connectivity index (χ4v) is 1.96. The molecule has 0 fully saturated rings. The normalized spacial score (nSPS) is 10.1. The number of nitrogens with two attached hydrogens (primary N) is 1. The molecule has 2 aromatic carbocycles. The van der Waals surface area contributed by atoms with Crippen LogP contribution in [0.25, 0.3) is 0 Å². The van der Waals surface area contributed by atoms with E-state index in [2.05, 4.69) is 0 Å². The highest BCUT2D eigenvalue weighted by molar-refractivity contribution is 6.09. The van der Waals surface area contributed by atoms with Crippen molar-refractivity contribution in [3.05, 3.63) is 71.3 Å². The van der Waals surface area contributed by atoms with Crippen LogP contribution in [0.15, 0.2) is 54.6 Å². The van der Waals surface area contributed by atoms with Gasteiger partial charge >= 0.3 is 0 Å². The van der Waals surface area contributed by atoms with E-state index in [1.165, 1.54) is 0 Å². The van der Waals surface area contributed by atoms with Crippen molar-refractivity contribution < 1.29 is 9.59 Å². The second-order valence-corrected chi connectivity index (χ2v) is 4.32. The molecule has 0 saturated carbocycles. The molecule has 3 nitrogen and oxygen atoms in total. The van der Waals surface area contributed by atoms with Crippen molar-refractivity contribution in [1.82, 2.24) is 0 Å². The molecule has 0 radical (unpaired) electrons. The molecule has 2 N–H and O–H groups in total. The minimum absolute atomic E-state index is 0.0272. The number of hydrogen-bond acceptors (Lipinski definition) is 2. The third-order valence-corrected chi connectivity index (χ3v) is 2.94. The molecular weight excluding hydrogens is 238 g/mol. The summed E-state index contributed by atoms with van der Waals surface area (Å²) >= 11 is 0. The predicted molar refractivity (Wildman–Crippen MR) is 73.8 cm³/mol. The molecule has 0 aliphatic rings. The Balaban J connectivity index is 2.29. The lowest BCUT2D eigenvalue weighted by Gasteiger charge is -2.07. The summed E-state index contributed by atoms with van der Waals surface area (Å²) in [6, 6.07) is 16.4. The average molecular weight is 253 g/mol. The van der Waals surface area contributed by atoms with Crippen LogP contribution >= 0.6 is 0 Å². The first-order chi connectivity index (χ1) is 9.18. The van der Waals surface area contributed by atoms with Gasteiger partial charge in [-0.1, -0.05) is 54.6 Å². The van der Waals surface area contributed by atoms with E-state index in [4.69, 9.17) is 5.73 Å². The molecule has 19 heavy (non-hydrogen) atoms. The van der Waals surface area contributed by atoms with Crippen LogP contribution in [0.1, 0.15) is 27.9 Å². The summed E-state index contributed by atoms with van der Waals surface area (Å²) in [7, 11) is 0. The van der Waals surface area contributed by atoms with Gasteiger partial charge in [-0.25, -0.2) is 0 Å². The predicted octanol–water partition coefficient (Wildman–Crippen LogP) is 2.34. The molecular formula is C16H15NO2. The highest BCUT2D eigenvalue weighted by Gasteiger charge is 2.13. The van der Waals surface area contributed by atoms with E-state index in [9.17, 15) is 9.59 Å². The smallest absolute Gasteiger partial charge is 0.217 e. The number of primary amides is 1. The number of rotatable bonds is 5. The summed E-state index contributed by atoms with van der Waals surface area (Å²) in [4.78, 5) is 23.3. The Morgan fingerprint density at radius 2 is 1.53 bits per heavy atom. The van der Waals surface area contributed by atoms with Crippen molar-refractivity contribution in [3.8, 4) is 0 Å². The van der Waals surface area contributed by atoms with Gasteiger partial charge < -0.3 is 5.73 Å². The van der Waals surface area contributed by atoms with Crippen LogP contribution < -0.4 is 5.73 Å². The molecule has 3 heteroatoms. The zero-order chi connectivity index (χ0) is 13.7. The highest BCUT2D eigenvalue weighted by Crippen LogP contribution is 2.16. The average Bonchev–Trinajstić information content (AvgIpc) is 2.45. The van der Waals surface area contributed by atoms with Crippen LogP contribution in [0.3, 0.4) is 0 Å². The maximum atomic E-state index is 12.4. The summed E-state index contributed by atoms with van der Waals surface area (Å²) in [6.45, 7) is 0. The van der Waals surface area contributed by atoms with Gasteiger partial charge in [0, 0.05) is 17.5 Å². The molecule has 0 bridgehead atoms. The Bertz CT molecular complexity index is 591. The lowest BCUT2D eigenvalue weighted by Crippen LogP contribution is -2.13. The summed E-state index contributed by atoms with van der Waals surface area (Å²) in [6.07, 6.45) is 0.739. The molecule has 1 amide bonds. The molecule has 0 unspecified atom stereocenters. The van der Waals surface area contributed by atoms with Crippen molar-refractivity contribution >= 4 is 11.7 Å². The molecule has 2 rings (SSSR count). The Kier molecular flexibility index (Phi) is 4.08. The van der Waals surface area contributed by atoms with Gasteiger partial charge in [-0.05, 0) is 12.0 Å². The van der Waals surface area contributed by atoms with Gasteiger partial charge in [0.15, 0.2) is 5.78 Å². The van der Waals surface area contributed by atoms with E-state index in [0.717, 1.165) is 5.56 Å². The van der Waals surface area contributed by atoms with Crippen molar-refractivity contribution in [2.24, 2.45) is 5.73 Å². The van der Waals surface area contributed by atoms with E-state index in [1.54, 1.807) is 18.2 Å². The number of carbonyl (C=O) groups is 2. The molecule has 0 atom stereocenters. The van der Waals surface area contributed by atoms with Crippen molar-refractivity contribution in [2.75, 3.05) is 0 Å². The number of amides is 1. The van der Waals surface area contributed by atoms with Crippen molar-refractivity contribution in [2.45, 2.75) is 12.8 Å². The quantitative estimate of drug-likeness (QED) is 0.831. The molecule has 0 aliphatic heterocycles. The van der Waals surface area contributed by atoms with E-state index in [-0.39, 0.29) is 18.1 Å². The van der Waals surface area contributed by atoms with Gasteiger partial charge in [0.25, 0.3) is 0 Å². The zero-order valence-corrected chi connectivity index (χ0v) is 10.5. The fraction of sp³-hybridized carbons (Fsp3) is 0.125. The number of benzene rings is 2. The topological polar surface area (TPSA) is 60.2 Å². The summed E-state index contributed by atoms with van der Waals surface area (Å²) in [5.41, 5.74) is 7.29. The summed E-state index contributed by atoms with van der Waals surface area (Å²) in [5, 5.41) is 0. The molecule has 96 valence electrons. The third-order valence-electron chi connectivity index (χ3n) is 2.94. The lowest BCUT2D eigenvalue weighted by atomic mass is 9.96. The number of ketones is 1. The minimum atomic E-state index is -0.359. The Morgan fingerprint density at radius 3 is 2.21 bits per heavy atom. The van der Waals surface area contributed by atoms with E-state index in [0.29, 0.717) is 17.5 Å². The van der Waals surface area contributed by atoms with Crippen LogP contribution in [0.2, 0.25) is 0 Å². The molecule has 0 aliphatic carbocycles. The van der Waals surface area contributed by atoms with Crippen LogP contribution in [-0.4, -0.2) is 11.7 Å². The molecule has 2 aromatic rings. The van der Waals surface area contributed by atoms with Gasteiger partial charge in [-0.3, -0.25) is 9.59 Å². The molecule has 0 spiro atoms. The maximum Gasteiger partial charge on any atom is 0.217 e. The molecule has 0 saturated heterocycles. The highest BCUT2D eigenvalue weighted by atomic mass is 16.1. The second kappa shape index (κ2) is 5.96. The molecule has 0 aromatic heterocycles. The first-order valence-corrected chi connectivity index (χ1v) is 6.14. The van der Waals surface area contributed by atoms with Crippen LogP contribution in [0, 0.1) is 0 Å². The SMILES string of the molecule is NC(=O)CCc1ccccc1C(=O)c1ccccc1. The lowest BCUT2D eigenvalue weighted by molar-refractivity contribution is -0.117. The minimum Gasteiger partial charge on any atom is -0.370 e. The first-order valence-electron chi connectivity index (χ1n) is 6.14. The summed E-state index contributed by atoms with van der Waals surface area (Å²) < 4.78 is 0. The standard InChI is InChI=1S/C16H15NO2/c17-15(18)11-10-12-6-4-5-9-14(12)16(19)13-7-2-1-3-8-13/h1-9H,10-11H2,(H2,17,18). The second-order valence-electron chi connectivity index (χ2n) is 4.32. The Labute approximate surface area is 112 Å². The summed E-state index contributed by atoms with van der Waals surface area (Å²) in [5.74, 6) is -0.386. The van der Waals surface area contributed by atoms with Gasteiger partial charge in [0.2, 0.25) is 5.91 Å². The fourth-order valence-electron chi connectivity index (χ4n) is 1.96. The van der Waals surface area contributed by atoms with Gasteiger partial charge in [0.05, 0.1) is 0 Å². The number of hydrogen-bond donors (Lipinski definition) is 1. The van der Waals surface area contributed by atoms with Gasteiger partial charge in [-0.2, -0.15) is 0 Å². The first kappa shape index (κ1) is 13.0. The number of carbonyl (C=O) groups excluding carboxylic acids is 2. The van der Waals surface area contributed by atoms with E-state index >= 15 is 0 Å². The Morgan fingerprint density at radius 1 is 0.895 bits per heavy atom. The maximum absolute atomic E-state index is 12.4. The number of aryl methyl sites for hydroxylation is 1. The molecule has 0 heterocycles. The van der Waals surface area contributed by atoms with Crippen LogP contribution in [0.4, 0.5) is 0 Å². The monoisotopic (exact) mass is 253 g/mol.